The van der Waals surface area contributed by atoms with Crippen LogP contribution in [0.3, 0.4) is 0 Å². The van der Waals surface area contributed by atoms with Gasteiger partial charge in [-0.1, -0.05) is 29.2 Å². The number of likely N-dealkylation sites (tertiary alicyclic amines) is 1. The molecule has 1 amide bonds. The average molecular weight is 312 g/mol. The number of anilines is 1. The van der Waals surface area contributed by atoms with Crippen molar-refractivity contribution in [3.05, 3.63) is 12.7 Å². The molecule has 0 unspecified atom stereocenters. The zero-order chi connectivity index (χ0) is 14.4. The first kappa shape index (κ1) is 15.3. The van der Waals surface area contributed by atoms with E-state index in [1.54, 1.807) is 6.08 Å². The van der Waals surface area contributed by atoms with Gasteiger partial charge in [-0.05, 0) is 26.2 Å². The van der Waals surface area contributed by atoms with Gasteiger partial charge in [-0.2, -0.15) is 0 Å². The number of carbonyl (C=O) groups excluding carboxylic acids is 1. The molecule has 0 spiro atoms. The van der Waals surface area contributed by atoms with Gasteiger partial charge in [0, 0.05) is 19.1 Å². The number of rotatable bonds is 6. The summed E-state index contributed by atoms with van der Waals surface area (Å²) in [7, 11) is 0. The Balaban J connectivity index is 1.80. The Hall–Kier alpha value is -1.08. The summed E-state index contributed by atoms with van der Waals surface area (Å²) in [5.74, 6) is 0.651. The summed E-state index contributed by atoms with van der Waals surface area (Å²) < 4.78 is 0.828. The maximum absolute atomic E-state index is 12.2. The SMILES string of the molecule is C=CCNc1nnc(SCC(=O)N2CCCC[C@@H]2C)s1. The minimum atomic E-state index is 0.206. The molecule has 1 aromatic rings. The minimum Gasteiger partial charge on any atom is -0.357 e. The number of piperidine rings is 1. The third kappa shape index (κ3) is 4.21. The van der Waals surface area contributed by atoms with E-state index in [-0.39, 0.29) is 5.91 Å². The van der Waals surface area contributed by atoms with E-state index in [0.29, 0.717) is 18.3 Å². The topological polar surface area (TPSA) is 58.1 Å². The first-order valence-electron chi connectivity index (χ1n) is 6.81. The first-order chi connectivity index (χ1) is 9.70. The monoisotopic (exact) mass is 312 g/mol. The molecule has 0 saturated carbocycles. The normalized spacial score (nSPS) is 18.9. The fourth-order valence-electron chi connectivity index (χ4n) is 2.17. The highest BCUT2D eigenvalue weighted by molar-refractivity contribution is 8.01. The standard InChI is InChI=1S/C13H20N4OS2/c1-3-7-14-12-15-16-13(20-12)19-9-11(18)17-8-5-4-6-10(17)2/h3,10H,1,4-9H2,2H3,(H,14,15)/t10-/m0/s1. The largest absolute Gasteiger partial charge is 0.357 e. The van der Waals surface area contributed by atoms with Crippen molar-refractivity contribution in [3.8, 4) is 0 Å². The molecule has 1 saturated heterocycles. The van der Waals surface area contributed by atoms with Gasteiger partial charge in [-0.25, -0.2) is 0 Å². The van der Waals surface area contributed by atoms with Gasteiger partial charge in [0.25, 0.3) is 0 Å². The Morgan fingerprint density at radius 3 is 3.20 bits per heavy atom. The average Bonchev–Trinajstić information content (AvgIpc) is 2.91. The molecule has 1 aliphatic heterocycles. The molecular formula is C13H20N4OS2. The van der Waals surface area contributed by atoms with Crippen molar-refractivity contribution in [2.45, 2.75) is 36.6 Å². The van der Waals surface area contributed by atoms with Crippen molar-refractivity contribution in [1.82, 2.24) is 15.1 Å². The lowest BCUT2D eigenvalue weighted by molar-refractivity contribution is -0.131. The molecular weight excluding hydrogens is 292 g/mol. The fraction of sp³-hybridized carbons (Fsp3) is 0.615. The lowest BCUT2D eigenvalue weighted by atomic mass is 10.0. The maximum atomic E-state index is 12.2. The predicted octanol–water partition coefficient (Wildman–Crippen LogP) is 2.63. The van der Waals surface area contributed by atoms with Crippen LogP contribution in [0.4, 0.5) is 5.13 Å². The number of thioether (sulfide) groups is 1. The molecule has 0 aromatic carbocycles. The molecule has 1 fully saturated rings. The van der Waals surface area contributed by atoms with Crippen LogP contribution in [0, 0.1) is 0 Å². The molecule has 0 aliphatic carbocycles. The Bertz CT molecular complexity index is 463. The zero-order valence-corrected chi connectivity index (χ0v) is 13.3. The summed E-state index contributed by atoms with van der Waals surface area (Å²) in [5, 5.41) is 12.0. The molecule has 7 heteroatoms. The minimum absolute atomic E-state index is 0.206. The number of nitrogens with zero attached hydrogens (tertiary/aromatic N) is 3. The summed E-state index contributed by atoms with van der Waals surface area (Å²) in [4.78, 5) is 14.2. The molecule has 0 bridgehead atoms. The van der Waals surface area contributed by atoms with Crippen molar-refractivity contribution >= 4 is 34.1 Å². The van der Waals surface area contributed by atoms with Gasteiger partial charge < -0.3 is 10.2 Å². The molecule has 1 atom stereocenters. The van der Waals surface area contributed by atoms with Crippen LogP contribution in [0.5, 0.6) is 0 Å². The molecule has 2 heterocycles. The number of hydrogen-bond donors (Lipinski definition) is 1. The highest BCUT2D eigenvalue weighted by Gasteiger charge is 2.23. The molecule has 110 valence electrons. The van der Waals surface area contributed by atoms with Gasteiger partial charge in [-0.15, -0.1) is 16.8 Å². The lowest BCUT2D eigenvalue weighted by Crippen LogP contribution is -2.42. The van der Waals surface area contributed by atoms with E-state index in [2.05, 4.69) is 29.0 Å². The van der Waals surface area contributed by atoms with Crippen LogP contribution in [0.25, 0.3) is 0 Å². The summed E-state index contributed by atoms with van der Waals surface area (Å²) in [6.07, 6.45) is 5.24. The van der Waals surface area contributed by atoms with Crippen LogP contribution in [0.2, 0.25) is 0 Å². The highest BCUT2D eigenvalue weighted by atomic mass is 32.2. The summed E-state index contributed by atoms with van der Waals surface area (Å²) in [6, 6.07) is 0.371. The quantitative estimate of drug-likeness (QED) is 0.646. The van der Waals surface area contributed by atoms with Gasteiger partial charge in [0.2, 0.25) is 11.0 Å². The molecule has 20 heavy (non-hydrogen) atoms. The lowest BCUT2D eigenvalue weighted by Gasteiger charge is -2.33. The van der Waals surface area contributed by atoms with E-state index in [0.717, 1.165) is 28.9 Å². The molecule has 0 radical (unpaired) electrons. The number of carbonyl (C=O) groups is 1. The van der Waals surface area contributed by atoms with Crippen molar-refractivity contribution in [1.29, 1.82) is 0 Å². The van der Waals surface area contributed by atoms with E-state index < -0.39 is 0 Å². The third-order valence-electron chi connectivity index (χ3n) is 3.25. The summed E-state index contributed by atoms with van der Waals surface area (Å²) in [6.45, 7) is 7.33. The van der Waals surface area contributed by atoms with Crippen molar-refractivity contribution in [3.63, 3.8) is 0 Å². The second-order valence-corrected chi connectivity index (χ2v) is 6.96. The van der Waals surface area contributed by atoms with Gasteiger partial charge in [-0.3, -0.25) is 4.79 Å². The predicted molar refractivity (Wildman–Crippen MR) is 84.3 cm³/mol. The highest BCUT2D eigenvalue weighted by Crippen LogP contribution is 2.26. The zero-order valence-electron chi connectivity index (χ0n) is 11.7. The first-order valence-corrected chi connectivity index (χ1v) is 8.61. The molecule has 1 N–H and O–H groups in total. The van der Waals surface area contributed by atoms with Gasteiger partial charge >= 0.3 is 0 Å². The van der Waals surface area contributed by atoms with Crippen LogP contribution >= 0.6 is 23.1 Å². The number of hydrogen-bond acceptors (Lipinski definition) is 6. The maximum Gasteiger partial charge on any atom is 0.233 e. The van der Waals surface area contributed by atoms with Gasteiger partial charge in [0.1, 0.15) is 0 Å². The van der Waals surface area contributed by atoms with Gasteiger partial charge in [0.15, 0.2) is 4.34 Å². The van der Waals surface area contributed by atoms with Crippen LogP contribution in [0.15, 0.2) is 17.0 Å². The van der Waals surface area contributed by atoms with E-state index in [1.807, 2.05) is 4.90 Å². The summed E-state index contributed by atoms with van der Waals surface area (Å²) >= 11 is 2.94. The number of amides is 1. The molecule has 2 rings (SSSR count). The van der Waals surface area contributed by atoms with Crippen molar-refractivity contribution in [2.75, 3.05) is 24.2 Å². The summed E-state index contributed by atoms with van der Waals surface area (Å²) in [5.41, 5.74) is 0. The van der Waals surface area contributed by atoms with Crippen LogP contribution in [-0.2, 0) is 4.79 Å². The van der Waals surface area contributed by atoms with Crippen molar-refractivity contribution in [2.24, 2.45) is 0 Å². The van der Waals surface area contributed by atoms with E-state index in [9.17, 15) is 4.79 Å². The van der Waals surface area contributed by atoms with Gasteiger partial charge in [0.05, 0.1) is 5.75 Å². The number of aromatic nitrogens is 2. The Labute approximate surface area is 127 Å². The Morgan fingerprint density at radius 1 is 1.60 bits per heavy atom. The third-order valence-corrected chi connectivity index (χ3v) is 5.25. The second kappa shape index (κ2) is 7.64. The van der Waals surface area contributed by atoms with Crippen LogP contribution in [0.1, 0.15) is 26.2 Å². The van der Waals surface area contributed by atoms with E-state index >= 15 is 0 Å². The van der Waals surface area contributed by atoms with Crippen LogP contribution < -0.4 is 5.32 Å². The second-order valence-electron chi connectivity index (χ2n) is 4.76. The number of nitrogens with one attached hydrogen (secondary N) is 1. The van der Waals surface area contributed by atoms with E-state index in [1.165, 1.54) is 29.5 Å². The molecule has 1 aliphatic rings. The van der Waals surface area contributed by atoms with Crippen molar-refractivity contribution < 1.29 is 4.79 Å². The smallest absolute Gasteiger partial charge is 0.233 e. The molecule has 5 nitrogen and oxygen atoms in total. The molecule has 1 aromatic heterocycles. The van der Waals surface area contributed by atoms with Crippen LogP contribution in [-0.4, -0.2) is 45.9 Å². The Kier molecular flexibility index (Phi) is 5.85. The Morgan fingerprint density at radius 2 is 2.45 bits per heavy atom. The fourth-order valence-corrected chi connectivity index (χ4v) is 3.82. The van der Waals surface area contributed by atoms with E-state index in [4.69, 9.17) is 0 Å².